The molecular weight excluding hydrogens is 254 g/mol. The van der Waals surface area contributed by atoms with Gasteiger partial charge >= 0.3 is 0 Å². The van der Waals surface area contributed by atoms with Crippen LogP contribution in [0.25, 0.3) is 0 Å². The molecule has 0 aromatic carbocycles. The van der Waals surface area contributed by atoms with Crippen molar-refractivity contribution in [1.29, 1.82) is 0 Å². The molecule has 0 aromatic rings. The molecule has 0 amide bonds. The number of halogens is 1. The molecule has 1 unspecified atom stereocenters. The van der Waals surface area contributed by atoms with Crippen molar-refractivity contribution >= 4 is 15.9 Å². The number of nitrogens with zero attached hydrogens (tertiary/aromatic N) is 1. The first kappa shape index (κ1) is 13.5. The molecule has 2 nitrogen and oxygen atoms in total. The third-order valence-corrected chi connectivity index (χ3v) is 4.22. The summed E-state index contributed by atoms with van der Waals surface area (Å²) in [6.07, 6.45) is 5.56. The van der Waals surface area contributed by atoms with Gasteiger partial charge < -0.3 is 9.64 Å². The molecule has 1 aliphatic heterocycles. The van der Waals surface area contributed by atoms with Gasteiger partial charge in [0.2, 0.25) is 0 Å². The summed E-state index contributed by atoms with van der Waals surface area (Å²) in [5, 5.41) is 1.14. The Balaban J connectivity index is 2.21. The van der Waals surface area contributed by atoms with E-state index in [2.05, 4.69) is 27.8 Å². The second-order valence-electron chi connectivity index (χ2n) is 4.54. The summed E-state index contributed by atoms with van der Waals surface area (Å²) >= 11 is 3.62. The van der Waals surface area contributed by atoms with Gasteiger partial charge in [-0.1, -0.05) is 29.3 Å². The molecule has 3 heteroatoms. The van der Waals surface area contributed by atoms with E-state index in [4.69, 9.17) is 4.74 Å². The zero-order valence-corrected chi connectivity index (χ0v) is 11.6. The van der Waals surface area contributed by atoms with Crippen LogP contribution in [0.4, 0.5) is 0 Å². The van der Waals surface area contributed by atoms with Crippen LogP contribution in [0.2, 0.25) is 0 Å². The average molecular weight is 278 g/mol. The van der Waals surface area contributed by atoms with Crippen molar-refractivity contribution in [2.45, 2.75) is 38.7 Å². The van der Waals surface area contributed by atoms with Gasteiger partial charge in [-0.15, -0.1) is 0 Å². The molecule has 1 saturated heterocycles. The first-order valence-corrected chi connectivity index (χ1v) is 7.23. The Hall–Kier alpha value is 0.400. The molecule has 0 spiro atoms. The number of hydrogen-bond donors (Lipinski definition) is 0. The minimum Gasteiger partial charge on any atom is -0.381 e. The summed E-state index contributed by atoms with van der Waals surface area (Å²) in [7, 11) is 1.83. The summed E-state index contributed by atoms with van der Waals surface area (Å²) in [5.74, 6) is 0.828. The molecule has 0 saturated carbocycles. The van der Waals surface area contributed by atoms with Crippen LogP contribution in [0.3, 0.4) is 0 Å². The highest BCUT2D eigenvalue weighted by Gasteiger charge is 2.20. The van der Waals surface area contributed by atoms with E-state index in [0.29, 0.717) is 6.10 Å². The number of alkyl halides is 1. The fraction of sp³-hybridized carbons (Fsp3) is 1.00. The first-order valence-electron chi connectivity index (χ1n) is 6.11. The maximum atomic E-state index is 5.38. The van der Waals surface area contributed by atoms with E-state index in [9.17, 15) is 0 Å². The van der Waals surface area contributed by atoms with E-state index in [1.165, 1.54) is 45.3 Å². The second-order valence-corrected chi connectivity index (χ2v) is 5.19. The lowest BCUT2D eigenvalue weighted by Crippen LogP contribution is -2.39. The topological polar surface area (TPSA) is 12.5 Å². The summed E-state index contributed by atoms with van der Waals surface area (Å²) in [4.78, 5) is 2.59. The second kappa shape index (κ2) is 7.64. The number of hydrogen-bond acceptors (Lipinski definition) is 2. The highest BCUT2D eigenvalue weighted by atomic mass is 79.9. The third kappa shape index (κ3) is 4.83. The number of piperidine rings is 1. The Morgan fingerprint density at radius 3 is 2.53 bits per heavy atom. The van der Waals surface area contributed by atoms with Crippen LogP contribution in [0.15, 0.2) is 0 Å². The summed E-state index contributed by atoms with van der Waals surface area (Å²) in [6, 6.07) is 0. The number of rotatable bonds is 6. The van der Waals surface area contributed by atoms with E-state index in [0.717, 1.165) is 11.2 Å². The number of ether oxygens (including phenoxy) is 1. The van der Waals surface area contributed by atoms with Crippen LogP contribution in [0.5, 0.6) is 0 Å². The normalized spacial score (nSPS) is 21.8. The van der Waals surface area contributed by atoms with E-state index in [1.807, 2.05) is 7.11 Å². The molecule has 1 fully saturated rings. The smallest absolute Gasteiger partial charge is 0.0595 e. The summed E-state index contributed by atoms with van der Waals surface area (Å²) in [6.45, 7) is 5.96. The Morgan fingerprint density at radius 1 is 1.40 bits per heavy atom. The molecule has 90 valence electrons. The molecule has 0 bridgehead atoms. The molecule has 0 radical (unpaired) electrons. The molecule has 1 rings (SSSR count). The lowest BCUT2D eigenvalue weighted by molar-refractivity contribution is 0.0372. The van der Waals surface area contributed by atoms with Gasteiger partial charge in [-0.25, -0.2) is 0 Å². The molecule has 1 aliphatic rings. The quantitative estimate of drug-likeness (QED) is 0.693. The van der Waals surface area contributed by atoms with Crippen LogP contribution in [0, 0.1) is 5.92 Å². The van der Waals surface area contributed by atoms with E-state index in [1.54, 1.807) is 0 Å². The van der Waals surface area contributed by atoms with Gasteiger partial charge in [0.05, 0.1) is 6.10 Å². The minimum absolute atomic E-state index is 0.509. The van der Waals surface area contributed by atoms with Gasteiger partial charge in [0.1, 0.15) is 0 Å². The maximum Gasteiger partial charge on any atom is 0.0595 e. The van der Waals surface area contributed by atoms with Gasteiger partial charge in [0.25, 0.3) is 0 Å². The van der Waals surface area contributed by atoms with Crippen molar-refractivity contribution in [3.63, 3.8) is 0 Å². The van der Waals surface area contributed by atoms with Crippen molar-refractivity contribution in [2.24, 2.45) is 5.92 Å². The molecule has 1 atom stereocenters. The zero-order chi connectivity index (χ0) is 11.1. The standard InChI is InChI=1S/C12H24BrNO/c1-3-4-11(9-13)10-14-7-5-12(15-2)6-8-14/h11-12H,3-10H2,1-2H3. The Bertz CT molecular complexity index is 158. The Morgan fingerprint density at radius 2 is 2.07 bits per heavy atom. The van der Waals surface area contributed by atoms with Gasteiger partial charge in [-0.2, -0.15) is 0 Å². The van der Waals surface area contributed by atoms with Crippen molar-refractivity contribution in [2.75, 3.05) is 32.1 Å². The molecule has 0 aliphatic carbocycles. The van der Waals surface area contributed by atoms with Crippen molar-refractivity contribution in [3.05, 3.63) is 0 Å². The van der Waals surface area contributed by atoms with Crippen LogP contribution in [-0.4, -0.2) is 43.1 Å². The predicted octanol–water partition coefficient (Wildman–Crippen LogP) is 2.91. The first-order chi connectivity index (χ1) is 7.30. The van der Waals surface area contributed by atoms with Gasteiger partial charge in [0.15, 0.2) is 0 Å². The fourth-order valence-electron chi connectivity index (χ4n) is 2.32. The molecule has 0 N–H and O–H groups in total. The highest BCUT2D eigenvalue weighted by Crippen LogP contribution is 2.17. The van der Waals surface area contributed by atoms with Crippen LogP contribution in [0.1, 0.15) is 32.6 Å². The predicted molar refractivity (Wildman–Crippen MR) is 68.7 cm³/mol. The maximum absolute atomic E-state index is 5.38. The van der Waals surface area contributed by atoms with Crippen LogP contribution >= 0.6 is 15.9 Å². The van der Waals surface area contributed by atoms with Gasteiger partial charge in [-0.05, 0) is 25.2 Å². The van der Waals surface area contributed by atoms with Crippen molar-refractivity contribution in [3.8, 4) is 0 Å². The van der Waals surface area contributed by atoms with E-state index >= 15 is 0 Å². The van der Waals surface area contributed by atoms with E-state index < -0.39 is 0 Å². The fourth-order valence-corrected chi connectivity index (χ4v) is 2.85. The van der Waals surface area contributed by atoms with Gasteiger partial charge in [-0.3, -0.25) is 0 Å². The SMILES string of the molecule is CCCC(CBr)CN1CCC(OC)CC1. The molecular formula is C12H24BrNO. The zero-order valence-electron chi connectivity index (χ0n) is 10.0. The summed E-state index contributed by atoms with van der Waals surface area (Å²) in [5.41, 5.74) is 0. The lowest BCUT2D eigenvalue weighted by atomic mass is 10.0. The van der Waals surface area contributed by atoms with Crippen molar-refractivity contribution < 1.29 is 4.74 Å². The highest BCUT2D eigenvalue weighted by molar-refractivity contribution is 9.09. The summed E-state index contributed by atoms with van der Waals surface area (Å²) < 4.78 is 5.38. The number of likely N-dealkylation sites (tertiary alicyclic amines) is 1. The molecule has 15 heavy (non-hydrogen) atoms. The lowest BCUT2D eigenvalue weighted by Gasteiger charge is -2.33. The average Bonchev–Trinajstić information content (AvgIpc) is 2.29. The third-order valence-electron chi connectivity index (χ3n) is 3.30. The largest absolute Gasteiger partial charge is 0.381 e. The monoisotopic (exact) mass is 277 g/mol. The van der Waals surface area contributed by atoms with Crippen LogP contribution in [-0.2, 0) is 4.74 Å². The van der Waals surface area contributed by atoms with Crippen LogP contribution < -0.4 is 0 Å². The minimum atomic E-state index is 0.509. The Labute approximate surface area is 102 Å². The van der Waals surface area contributed by atoms with Gasteiger partial charge in [0, 0.05) is 32.1 Å². The van der Waals surface area contributed by atoms with E-state index in [-0.39, 0.29) is 0 Å². The van der Waals surface area contributed by atoms with Crippen molar-refractivity contribution in [1.82, 2.24) is 4.90 Å². The Kier molecular flexibility index (Phi) is 6.86. The molecule has 0 aromatic heterocycles. The molecule has 1 heterocycles. The number of methoxy groups -OCH3 is 1.